The zero-order valence-electron chi connectivity index (χ0n) is 23.6. The van der Waals surface area contributed by atoms with E-state index in [9.17, 15) is 4.79 Å². The second-order valence-electron chi connectivity index (χ2n) is 11.3. The Morgan fingerprint density at radius 2 is 1.12 bits per heavy atom. The molecule has 33 heavy (non-hydrogen) atoms. The summed E-state index contributed by atoms with van der Waals surface area (Å²) < 4.78 is 10.8. The molecule has 1 atom stereocenters. The summed E-state index contributed by atoms with van der Waals surface area (Å²) in [4.78, 5) is 13.9. The summed E-state index contributed by atoms with van der Waals surface area (Å²) in [5, 5.41) is 0. The van der Waals surface area contributed by atoms with Crippen LogP contribution in [0.2, 0.25) is 13.3 Å². The second kappa shape index (κ2) is 14.8. The maximum atomic E-state index is 13.9. The van der Waals surface area contributed by atoms with Crippen molar-refractivity contribution in [3.05, 3.63) is 34.4 Å². The van der Waals surface area contributed by atoms with Gasteiger partial charge in [0.1, 0.15) is 0 Å². The van der Waals surface area contributed by atoms with Gasteiger partial charge in [0.2, 0.25) is 0 Å². The van der Waals surface area contributed by atoms with Crippen LogP contribution in [0.5, 0.6) is 0 Å². The maximum absolute atomic E-state index is 13.9. The molecule has 0 aliphatic heterocycles. The molecule has 0 amide bonds. The predicted octanol–water partition coefficient (Wildman–Crippen LogP) is 9.99. The molecule has 1 rings (SSSR count). The van der Waals surface area contributed by atoms with E-state index >= 15 is 0 Å². The molecule has 1 aromatic rings. The third kappa shape index (κ3) is 8.58. The number of benzene rings is 1. The van der Waals surface area contributed by atoms with Crippen LogP contribution >= 0.6 is 0 Å². The molecule has 0 N–H and O–H groups in total. The molecule has 0 spiro atoms. The third-order valence-electron chi connectivity index (χ3n) is 7.57. The monoisotopic (exact) mass is 566 g/mol. The summed E-state index contributed by atoms with van der Waals surface area (Å²) in [6.45, 7) is 22.5. The van der Waals surface area contributed by atoms with Gasteiger partial charge in [0.15, 0.2) is 0 Å². The summed E-state index contributed by atoms with van der Waals surface area (Å²) in [6, 6.07) is 4.54. The predicted molar refractivity (Wildman–Crippen MR) is 148 cm³/mol. The second-order valence-corrected chi connectivity index (χ2v) is 25.6. The van der Waals surface area contributed by atoms with Crippen LogP contribution in [0, 0.1) is 0 Å². The van der Waals surface area contributed by atoms with E-state index in [0.717, 1.165) is 5.56 Å². The van der Waals surface area contributed by atoms with E-state index in [2.05, 4.69) is 81.4 Å². The molecule has 0 fully saturated rings. The summed E-state index contributed by atoms with van der Waals surface area (Å²) in [5.74, 6) is 0.987. The summed E-state index contributed by atoms with van der Waals surface area (Å²) >= 11 is -2.64. The van der Waals surface area contributed by atoms with Crippen molar-refractivity contribution < 1.29 is 9.53 Å². The molecule has 0 saturated heterocycles. The number of carbonyl (C=O) groups excluding carboxylic acids is 1. The van der Waals surface area contributed by atoms with Crippen molar-refractivity contribution in [2.24, 2.45) is 0 Å². The molecule has 0 saturated carbocycles. The number of carbonyl (C=O) groups is 1. The zero-order valence-corrected chi connectivity index (χ0v) is 26.5. The first kappa shape index (κ1) is 30.5. The Kier molecular flexibility index (Phi) is 13.7. The van der Waals surface area contributed by atoms with Crippen LogP contribution < -0.4 is 0 Å². The topological polar surface area (TPSA) is 26.3 Å². The van der Waals surface area contributed by atoms with Crippen LogP contribution in [0.25, 0.3) is 0 Å². The average Bonchev–Trinajstić information content (AvgIpc) is 2.77. The summed E-state index contributed by atoms with van der Waals surface area (Å²) in [5.41, 5.74) is 4.52. The van der Waals surface area contributed by atoms with Gasteiger partial charge in [0.05, 0.1) is 0 Å². The van der Waals surface area contributed by atoms with Crippen molar-refractivity contribution in [3.63, 3.8) is 0 Å². The Balaban J connectivity index is 3.44. The normalized spacial score (nSPS) is 13.2. The van der Waals surface area contributed by atoms with Gasteiger partial charge in [-0.25, -0.2) is 0 Å². The Hall–Kier alpha value is -0.511. The first-order chi connectivity index (χ1) is 15.5. The molecule has 0 unspecified atom stereocenters. The SMILES string of the molecule is CCC[CH2][Sn]([CH2]CCC)([CH2]CCC)[C@@H](C)OC(=O)c1c(C(C)C)cc(C(C)C)cc1C(C)C. The molecule has 0 heterocycles. The first-order valence-corrected chi connectivity index (χ1v) is 21.6. The first-order valence-electron chi connectivity index (χ1n) is 13.9. The number of unbranched alkanes of at least 4 members (excludes halogenated alkanes) is 3. The standard InChI is InChI=1S/C18H27O2.3C4H9.Sn/c1-8-20-18(19)17-15(12(4)5)9-14(11(2)3)10-16(17)13(6)7;3*1-3-4-2;/h8-13H,1-7H3;3*1,3-4H2,2H3;. The molecule has 0 aromatic heterocycles. The van der Waals surface area contributed by atoms with Crippen LogP contribution in [0.1, 0.15) is 153 Å². The minimum atomic E-state index is -2.64. The van der Waals surface area contributed by atoms with Gasteiger partial charge >= 0.3 is 211 Å². The van der Waals surface area contributed by atoms with Crippen LogP contribution in [0.3, 0.4) is 0 Å². The average molecular weight is 565 g/mol. The Labute approximate surface area is 210 Å². The van der Waals surface area contributed by atoms with Gasteiger partial charge in [0.25, 0.3) is 0 Å². The van der Waals surface area contributed by atoms with Gasteiger partial charge in [-0.3, -0.25) is 0 Å². The Morgan fingerprint density at radius 3 is 1.42 bits per heavy atom. The van der Waals surface area contributed by atoms with E-state index in [1.807, 2.05) is 0 Å². The third-order valence-corrected chi connectivity index (χ3v) is 24.4. The van der Waals surface area contributed by atoms with Gasteiger partial charge in [-0.1, -0.05) is 0 Å². The van der Waals surface area contributed by atoms with Crippen LogP contribution in [0.4, 0.5) is 0 Å². The van der Waals surface area contributed by atoms with Gasteiger partial charge in [-0.05, 0) is 0 Å². The van der Waals surface area contributed by atoms with Crippen molar-refractivity contribution in [3.8, 4) is 0 Å². The Bertz CT molecular complexity index is 669. The zero-order chi connectivity index (χ0) is 25.2. The molecule has 190 valence electrons. The van der Waals surface area contributed by atoms with Crippen molar-refractivity contribution in [1.29, 1.82) is 0 Å². The molecule has 0 aliphatic carbocycles. The number of ether oxygens (including phenoxy) is 1. The van der Waals surface area contributed by atoms with E-state index < -0.39 is 18.4 Å². The fourth-order valence-electron chi connectivity index (χ4n) is 5.11. The van der Waals surface area contributed by atoms with Crippen molar-refractivity contribution in [1.82, 2.24) is 0 Å². The van der Waals surface area contributed by atoms with Gasteiger partial charge in [0, 0.05) is 0 Å². The van der Waals surface area contributed by atoms with Crippen molar-refractivity contribution in [2.45, 2.75) is 143 Å². The van der Waals surface area contributed by atoms with Gasteiger partial charge in [-0.2, -0.15) is 0 Å². The quantitative estimate of drug-likeness (QED) is 0.156. The van der Waals surface area contributed by atoms with Crippen molar-refractivity contribution in [2.75, 3.05) is 0 Å². The molecule has 2 nitrogen and oxygen atoms in total. The van der Waals surface area contributed by atoms with E-state index in [0.29, 0.717) is 17.8 Å². The molecular formula is C30H54O2Sn. The van der Waals surface area contributed by atoms with E-state index in [-0.39, 0.29) is 10.1 Å². The summed E-state index contributed by atoms with van der Waals surface area (Å²) in [6.07, 6.45) is 7.60. The molecule has 0 aliphatic rings. The van der Waals surface area contributed by atoms with Gasteiger partial charge in [-0.15, -0.1) is 0 Å². The number of rotatable bonds is 15. The van der Waals surface area contributed by atoms with E-state index in [1.165, 1.54) is 68.5 Å². The molecule has 0 bridgehead atoms. The van der Waals surface area contributed by atoms with Gasteiger partial charge < -0.3 is 0 Å². The number of hydrogen-bond acceptors (Lipinski definition) is 2. The van der Waals surface area contributed by atoms with E-state index in [4.69, 9.17) is 4.74 Å². The van der Waals surface area contributed by atoms with Crippen LogP contribution in [-0.2, 0) is 4.74 Å². The fourth-order valence-corrected chi connectivity index (χ4v) is 20.8. The fraction of sp³-hybridized carbons (Fsp3) is 0.767. The van der Waals surface area contributed by atoms with E-state index in [1.54, 1.807) is 0 Å². The van der Waals surface area contributed by atoms with Crippen LogP contribution in [-0.4, -0.2) is 28.5 Å². The minimum absolute atomic E-state index is 0.0595. The Morgan fingerprint density at radius 1 is 0.727 bits per heavy atom. The number of esters is 1. The number of hydrogen-bond donors (Lipinski definition) is 0. The molecular weight excluding hydrogens is 511 g/mol. The summed E-state index contributed by atoms with van der Waals surface area (Å²) in [7, 11) is 0. The molecule has 1 aromatic carbocycles. The molecule has 0 radical (unpaired) electrons. The van der Waals surface area contributed by atoms with Crippen LogP contribution in [0.15, 0.2) is 12.1 Å². The van der Waals surface area contributed by atoms with Crippen molar-refractivity contribution >= 4 is 24.3 Å². The molecule has 3 heteroatoms.